The number of amides is 1. The van der Waals surface area contributed by atoms with Gasteiger partial charge in [0.05, 0.1) is 12.0 Å². The Morgan fingerprint density at radius 1 is 1.24 bits per heavy atom. The zero-order chi connectivity index (χ0) is 17.7. The molecule has 1 aromatic rings. The molecule has 1 aliphatic carbocycles. The summed E-state index contributed by atoms with van der Waals surface area (Å²) in [7, 11) is 0. The molecule has 2 N–H and O–H groups in total. The molecule has 0 atom stereocenters. The second-order valence-electron chi connectivity index (χ2n) is 7.53. The first-order chi connectivity index (χ1) is 12.0. The number of nitrogens with one attached hydrogen (secondary N) is 1. The van der Waals surface area contributed by atoms with Crippen LogP contribution in [0.2, 0.25) is 0 Å². The normalized spacial score (nSPS) is 19.9. The van der Waals surface area contributed by atoms with E-state index in [1.165, 1.54) is 25.9 Å². The fourth-order valence-electron chi connectivity index (χ4n) is 3.89. The number of anilines is 1. The van der Waals surface area contributed by atoms with E-state index in [2.05, 4.69) is 10.2 Å². The number of likely N-dealkylation sites (tertiary alicyclic amines) is 1. The molecule has 1 heterocycles. The van der Waals surface area contributed by atoms with Crippen molar-refractivity contribution in [2.45, 2.75) is 57.5 Å². The van der Waals surface area contributed by atoms with Crippen molar-refractivity contribution >= 4 is 11.6 Å². The Morgan fingerprint density at radius 3 is 2.64 bits per heavy atom. The molecule has 0 bridgehead atoms. The molecule has 3 rings (SSSR count). The van der Waals surface area contributed by atoms with Crippen LogP contribution in [0.4, 0.5) is 5.69 Å². The van der Waals surface area contributed by atoms with Gasteiger partial charge in [0.2, 0.25) is 5.91 Å². The average molecular weight is 346 g/mol. The summed E-state index contributed by atoms with van der Waals surface area (Å²) in [4.78, 5) is 14.6. The second kappa shape index (κ2) is 8.19. The molecule has 1 amide bonds. The van der Waals surface area contributed by atoms with Crippen molar-refractivity contribution in [3.05, 3.63) is 23.8 Å². The Hall–Kier alpha value is -1.59. The Balaban J connectivity index is 1.48. The van der Waals surface area contributed by atoms with Crippen molar-refractivity contribution in [1.29, 1.82) is 0 Å². The third-order valence-electron chi connectivity index (χ3n) is 5.35. The highest BCUT2D eigenvalue weighted by Crippen LogP contribution is 2.32. The summed E-state index contributed by atoms with van der Waals surface area (Å²) >= 11 is 0. The molecule has 1 saturated heterocycles. The molecule has 1 aliphatic heterocycles. The average Bonchev–Trinajstić information content (AvgIpc) is 3.21. The second-order valence-corrected chi connectivity index (χ2v) is 7.53. The summed E-state index contributed by atoms with van der Waals surface area (Å²) in [5, 5.41) is 13.2. The number of aryl methyl sites for hydroxylation is 1. The maximum Gasteiger partial charge on any atom is 0.227 e. The Bertz CT molecular complexity index is 591. The van der Waals surface area contributed by atoms with Crippen molar-refractivity contribution in [3.8, 4) is 5.75 Å². The van der Waals surface area contributed by atoms with Crippen LogP contribution in [0.3, 0.4) is 0 Å². The molecular formula is C20H30N2O3. The van der Waals surface area contributed by atoms with Crippen LogP contribution in [0.15, 0.2) is 18.2 Å². The van der Waals surface area contributed by atoms with Gasteiger partial charge in [0.25, 0.3) is 0 Å². The lowest BCUT2D eigenvalue weighted by Crippen LogP contribution is -2.30. The van der Waals surface area contributed by atoms with Gasteiger partial charge in [-0.2, -0.15) is 0 Å². The summed E-state index contributed by atoms with van der Waals surface area (Å²) in [6.45, 7) is 6.01. The van der Waals surface area contributed by atoms with Crippen LogP contribution in [0.25, 0.3) is 0 Å². The van der Waals surface area contributed by atoms with E-state index in [0.717, 1.165) is 49.2 Å². The summed E-state index contributed by atoms with van der Waals surface area (Å²) in [5.74, 6) is 0.748. The molecule has 25 heavy (non-hydrogen) atoms. The Labute approximate surface area is 150 Å². The molecule has 1 aromatic carbocycles. The molecule has 0 spiro atoms. The zero-order valence-electron chi connectivity index (χ0n) is 15.2. The van der Waals surface area contributed by atoms with Crippen molar-refractivity contribution in [3.63, 3.8) is 0 Å². The monoisotopic (exact) mass is 346 g/mol. The molecule has 0 aromatic heterocycles. The van der Waals surface area contributed by atoms with Crippen LogP contribution in [-0.2, 0) is 4.79 Å². The molecule has 0 unspecified atom stereocenters. The summed E-state index contributed by atoms with van der Waals surface area (Å²) in [5.41, 5.74) is 0.965. The lowest BCUT2D eigenvalue weighted by atomic mass is 9.97. The predicted molar refractivity (Wildman–Crippen MR) is 99.0 cm³/mol. The topological polar surface area (TPSA) is 61.8 Å². The van der Waals surface area contributed by atoms with E-state index < -0.39 is 5.60 Å². The smallest absolute Gasteiger partial charge is 0.227 e. The number of carbonyl (C=O) groups is 1. The van der Waals surface area contributed by atoms with Crippen molar-refractivity contribution in [2.75, 3.05) is 31.6 Å². The molecule has 2 fully saturated rings. The van der Waals surface area contributed by atoms with Gasteiger partial charge in [-0.05, 0) is 69.5 Å². The van der Waals surface area contributed by atoms with Crippen LogP contribution in [0.1, 0.15) is 50.5 Å². The maximum atomic E-state index is 12.2. The molecule has 0 radical (unpaired) electrons. The molecule has 5 heteroatoms. The first kappa shape index (κ1) is 18.2. The first-order valence-electron chi connectivity index (χ1n) is 9.52. The maximum absolute atomic E-state index is 12.2. The van der Waals surface area contributed by atoms with Gasteiger partial charge in [0.1, 0.15) is 12.4 Å². The van der Waals surface area contributed by atoms with E-state index in [1.807, 2.05) is 25.1 Å². The third kappa shape index (κ3) is 5.19. The fourth-order valence-corrected chi connectivity index (χ4v) is 3.89. The highest BCUT2D eigenvalue weighted by molar-refractivity contribution is 5.91. The number of hydrogen-bond acceptors (Lipinski definition) is 4. The fraction of sp³-hybridized carbons (Fsp3) is 0.650. The highest BCUT2D eigenvalue weighted by atomic mass is 16.5. The number of aliphatic hydroxyl groups is 1. The van der Waals surface area contributed by atoms with E-state index in [9.17, 15) is 9.90 Å². The van der Waals surface area contributed by atoms with Gasteiger partial charge in [-0.1, -0.05) is 12.8 Å². The van der Waals surface area contributed by atoms with E-state index in [0.29, 0.717) is 6.61 Å². The lowest BCUT2D eigenvalue weighted by molar-refractivity contribution is -0.120. The van der Waals surface area contributed by atoms with E-state index in [1.54, 1.807) is 0 Å². The van der Waals surface area contributed by atoms with Crippen LogP contribution in [0, 0.1) is 6.92 Å². The van der Waals surface area contributed by atoms with Gasteiger partial charge in [-0.15, -0.1) is 0 Å². The number of carbonyl (C=O) groups excluding carboxylic acids is 1. The number of benzene rings is 1. The largest absolute Gasteiger partial charge is 0.492 e. The first-order valence-corrected chi connectivity index (χ1v) is 9.52. The van der Waals surface area contributed by atoms with Gasteiger partial charge in [-0.3, -0.25) is 9.69 Å². The molecule has 2 aliphatic rings. The highest BCUT2D eigenvalue weighted by Gasteiger charge is 2.33. The van der Waals surface area contributed by atoms with Crippen molar-refractivity contribution < 1.29 is 14.6 Å². The number of rotatable bonds is 7. The third-order valence-corrected chi connectivity index (χ3v) is 5.35. The minimum atomic E-state index is -0.808. The van der Waals surface area contributed by atoms with Gasteiger partial charge < -0.3 is 15.2 Å². The van der Waals surface area contributed by atoms with Crippen molar-refractivity contribution in [2.24, 2.45) is 0 Å². The summed E-state index contributed by atoms with van der Waals surface area (Å²) < 4.78 is 5.89. The zero-order valence-corrected chi connectivity index (χ0v) is 15.2. The van der Waals surface area contributed by atoms with E-state index in [-0.39, 0.29) is 12.3 Å². The standard InChI is InChI=1S/C20H30N2O3/c1-16-14-17(21-19(23)15-20(24)8-2-3-9-20)6-7-18(16)25-13-12-22-10-4-5-11-22/h6-7,14,24H,2-5,8-13,15H2,1H3,(H,21,23). The SMILES string of the molecule is Cc1cc(NC(=O)CC2(O)CCCC2)ccc1OCCN1CCCC1. The quantitative estimate of drug-likeness (QED) is 0.796. The minimum absolute atomic E-state index is 0.119. The molecular weight excluding hydrogens is 316 g/mol. The van der Waals surface area contributed by atoms with Gasteiger partial charge in [-0.25, -0.2) is 0 Å². The van der Waals surface area contributed by atoms with Crippen LogP contribution in [0.5, 0.6) is 5.75 Å². The van der Waals surface area contributed by atoms with Crippen LogP contribution >= 0.6 is 0 Å². The predicted octanol–water partition coefficient (Wildman–Crippen LogP) is 3.10. The van der Waals surface area contributed by atoms with Gasteiger partial charge >= 0.3 is 0 Å². The van der Waals surface area contributed by atoms with Crippen LogP contribution < -0.4 is 10.1 Å². The Morgan fingerprint density at radius 2 is 1.96 bits per heavy atom. The lowest BCUT2D eigenvalue weighted by Gasteiger charge is -2.21. The Kier molecular flexibility index (Phi) is 5.97. The van der Waals surface area contributed by atoms with Crippen molar-refractivity contribution in [1.82, 2.24) is 4.90 Å². The molecule has 138 valence electrons. The van der Waals surface area contributed by atoms with E-state index in [4.69, 9.17) is 4.74 Å². The summed E-state index contributed by atoms with van der Waals surface area (Å²) in [6.07, 6.45) is 6.23. The van der Waals surface area contributed by atoms with E-state index >= 15 is 0 Å². The van der Waals surface area contributed by atoms with Gasteiger partial charge in [0, 0.05) is 12.2 Å². The molecule has 1 saturated carbocycles. The van der Waals surface area contributed by atoms with Gasteiger partial charge in [0.15, 0.2) is 0 Å². The van der Waals surface area contributed by atoms with Crippen LogP contribution in [-0.4, -0.2) is 47.8 Å². The number of ether oxygens (including phenoxy) is 1. The molecule has 5 nitrogen and oxygen atoms in total. The summed E-state index contributed by atoms with van der Waals surface area (Å²) in [6, 6.07) is 5.72. The number of hydrogen-bond donors (Lipinski definition) is 2. The number of nitrogens with zero attached hydrogens (tertiary/aromatic N) is 1. The minimum Gasteiger partial charge on any atom is -0.492 e.